The van der Waals surface area contributed by atoms with Gasteiger partial charge >= 0.3 is 0 Å². The van der Waals surface area contributed by atoms with Crippen LogP contribution in [0.4, 0.5) is 5.82 Å². The van der Waals surface area contributed by atoms with Crippen molar-refractivity contribution in [1.82, 2.24) is 9.97 Å². The summed E-state index contributed by atoms with van der Waals surface area (Å²) in [6, 6.07) is 13.6. The first kappa shape index (κ1) is 13.5. The van der Waals surface area contributed by atoms with Crippen molar-refractivity contribution < 1.29 is 4.74 Å². The summed E-state index contributed by atoms with van der Waals surface area (Å²) < 4.78 is 5.38. The summed E-state index contributed by atoms with van der Waals surface area (Å²) in [6.07, 6.45) is 1.20. The third-order valence-corrected chi connectivity index (χ3v) is 3.66. The Morgan fingerprint density at radius 2 is 2.10 bits per heavy atom. The van der Waals surface area contributed by atoms with Gasteiger partial charge in [-0.15, -0.1) is 0 Å². The van der Waals surface area contributed by atoms with Crippen molar-refractivity contribution in [3.8, 4) is 17.5 Å². The zero-order chi connectivity index (χ0) is 14.7. The van der Waals surface area contributed by atoms with Crippen LogP contribution in [0.5, 0.6) is 0 Å². The predicted molar refractivity (Wildman–Crippen MR) is 79.8 cm³/mol. The zero-order valence-electron chi connectivity index (χ0n) is 11.9. The fourth-order valence-electron chi connectivity index (χ4n) is 2.50. The lowest BCUT2D eigenvalue weighted by Crippen LogP contribution is -2.23. The van der Waals surface area contributed by atoms with Gasteiger partial charge in [-0.25, -0.2) is 9.97 Å². The minimum absolute atomic E-state index is 0.227. The summed E-state index contributed by atoms with van der Waals surface area (Å²) in [5.41, 5.74) is 1.30. The van der Waals surface area contributed by atoms with Crippen molar-refractivity contribution in [2.24, 2.45) is 0 Å². The molecule has 21 heavy (non-hydrogen) atoms. The highest BCUT2D eigenvalue weighted by atomic mass is 16.5. The Labute approximate surface area is 123 Å². The minimum atomic E-state index is 0.227. The number of aromatic nitrogens is 2. The molecule has 1 aromatic carbocycles. The second kappa shape index (κ2) is 5.90. The van der Waals surface area contributed by atoms with E-state index in [1.54, 1.807) is 13.2 Å². The van der Waals surface area contributed by atoms with Gasteiger partial charge in [0.1, 0.15) is 17.6 Å². The van der Waals surface area contributed by atoms with E-state index in [1.165, 1.54) is 0 Å². The molecule has 1 fully saturated rings. The maximum Gasteiger partial charge on any atom is 0.162 e. The second-order valence-electron chi connectivity index (χ2n) is 5.01. The van der Waals surface area contributed by atoms with Gasteiger partial charge in [0.05, 0.1) is 6.10 Å². The summed E-state index contributed by atoms with van der Waals surface area (Å²) in [5, 5.41) is 9.19. The van der Waals surface area contributed by atoms with Gasteiger partial charge in [-0.05, 0) is 6.42 Å². The first-order valence-electron chi connectivity index (χ1n) is 6.92. The average Bonchev–Trinajstić information content (AvgIpc) is 3.04. The fraction of sp³-hybridized carbons (Fsp3) is 0.312. The molecule has 106 valence electrons. The molecule has 0 N–H and O–H groups in total. The Balaban J connectivity index is 1.97. The van der Waals surface area contributed by atoms with Crippen LogP contribution in [0.15, 0.2) is 36.4 Å². The molecule has 0 unspecified atom stereocenters. The van der Waals surface area contributed by atoms with Gasteiger partial charge in [0, 0.05) is 31.8 Å². The predicted octanol–water partition coefficient (Wildman–Crippen LogP) is 2.24. The van der Waals surface area contributed by atoms with E-state index in [9.17, 15) is 5.26 Å². The van der Waals surface area contributed by atoms with Crippen LogP contribution in [0, 0.1) is 11.3 Å². The first-order chi connectivity index (χ1) is 10.3. The molecule has 1 atom stereocenters. The molecule has 1 saturated heterocycles. The Hall–Kier alpha value is -2.45. The quantitative estimate of drug-likeness (QED) is 0.863. The number of hydrogen-bond donors (Lipinski definition) is 0. The number of rotatable bonds is 3. The van der Waals surface area contributed by atoms with Crippen LogP contribution in [0.3, 0.4) is 0 Å². The van der Waals surface area contributed by atoms with Crippen molar-refractivity contribution in [2.75, 3.05) is 25.1 Å². The highest BCUT2D eigenvalue weighted by Gasteiger charge is 2.24. The Morgan fingerprint density at radius 3 is 2.76 bits per heavy atom. The van der Waals surface area contributed by atoms with E-state index in [-0.39, 0.29) is 6.10 Å². The van der Waals surface area contributed by atoms with Gasteiger partial charge in [0.15, 0.2) is 5.82 Å². The lowest BCUT2D eigenvalue weighted by molar-refractivity contribution is 0.121. The van der Waals surface area contributed by atoms with Crippen LogP contribution < -0.4 is 4.90 Å². The molecule has 2 aromatic rings. The molecule has 5 heteroatoms. The summed E-state index contributed by atoms with van der Waals surface area (Å²) in [6.45, 7) is 1.68. The summed E-state index contributed by atoms with van der Waals surface area (Å²) in [5.74, 6) is 1.38. The molecule has 0 amide bonds. The van der Waals surface area contributed by atoms with E-state index in [4.69, 9.17) is 4.74 Å². The van der Waals surface area contributed by atoms with Gasteiger partial charge in [0.2, 0.25) is 0 Å². The molecule has 1 aliphatic heterocycles. The number of anilines is 1. The number of benzene rings is 1. The van der Waals surface area contributed by atoms with Crippen molar-refractivity contribution in [2.45, 2.75) is 12.5 Å². The minimum Gasteiger partial charge on any atom is -0.380 e. The SMILES string of the molecule is CO[C@H]1CCN(c2cc(C#N)nc(-c3ccccc3)n2)C1. The normalized spacial score (nSPS) is 17.7. The van der Waals surface area contributed by atoms with Crippen LogP contribution in [-0.2, 0) is 4.74 Å². The van der Waals surface area contributed by atoms with E-state index in [2.05, 4.69) is 20.9 Å². The number of ether oxygens (including phenoxy) is 1. The largest absolute Gasteiger partial charge is 0.380 e. The molecule has 1 aromatic heterocycles. The molecular weight excluding hydrogens is 264 g/mol. The topological polar surface area (TPSA) is 62.0 Å². The maximum atomic E-state index is 9.19. The molecule has 1 aliphatic rings. The van der Waals surface area contributed by atoms with Crippen LogP contribution in [0.1, 0.15) is 12.1 Å². The third kappa shape index (κ3) is 2.86. The summed E-state index contributed by atoms with van der Waals surface area (Å²) in [4.78, 5) is 11.1. The smallest absolute Gasteiger partial charge is 0.162 e. The van der Waals surface area contributed by atoms with E-state index < -0.39 is 0 Å². The lowest BCUT2D eigenvalue weighted by atomic mass is 10.2. The summed E-state index contributed by atoms with van der Waals surface area (Å²) >= 11 is 0. The highest BCUT2D eigenvalue weighted by molar-refractivity contribution is 5.59. The van der Waals surface area contributed by atoms with Crippen molar-refractivity contribution in [3.63, 3.8) is 0 Å². The summed E-state index contributed by atoms with van der Waals surface area (Å²) in [7, 11) is 1.73. The maximum absolute atomic E-state index is 9.19. The highest BCUT2D eigenvalue weighted by Crippen LogP contribution is 2.23. The standard InChI is InChI=1S/C16H16N4O/c1-21-14-7-8-20(11-14)15-9-13(10-17)18-16(19-15)12-5-3-2-4-6-12/h2-6,9,14H,7-8,11H2,1H3/t14-/m0/s1. The van der Waals surface area contributed by atoms with E-state index in [0.717, 1.165) is 30.9 Å². The van der Waals surface area contributed by atoms with Gasteiger partial charge in [0.25, 0.3) is 0 Å². The number of nitrogens with zero attached hydrogens (tertiary/aromatic N) is 4. The number of hydrogen-bond acceptors (Lipinski definition) is 5. The molecule has 0 aliphatic carbocycles. The van der Waals surface area contributed by atoms with Crippen molar-refractivity contribution >= 4 is 5.82 Å². The molecule has 5 nitrogen and oxygen atoms in total. The van der Waals surface area contributed by atoms with E-state index in [0.29, 0.717) is 11.5 Å². The van der Waals surface area contributed by atoms with Gasteiger partial charge in [-0.2, -0.15) is 5.26 Å². The van der Waals surface area contributed by atoms with Crippen LogP contribution in [0.25, 0.3) is 11.4 Å². The molecule has 0 bridgehead atoms. The van der Waals surface area contributed by atoms with Crippen LogP contribution in [-0.4, -0.2) is 36.3 Å². The van der Waals surface area contributed by atoms with Crippen molar-refractivity contribution in [1.29, 1.82) is 5.26 Å². The molecular formula is C16H16N4O. The van der Waals surface area contributed by atoms with E-state index in [1.807, 2.05) is 30.3 Å². The Morgan fingerprint density at radius 1 is 1.29 bits per heavy atom. The molecule has 0 saturated carbocycles. The van der Waals surface area contributed by atoms with Gasteiger partial charge < -0.3 is 9.64 Å². The molecule has 0 spiro atoms. The lowest BCUT2D eigenvalue weighted by Gasteiger charge is -2.18. The molecule has 3 rings (SSSR count). The van der Waals surface area contributed by atoms with Crippen LogP contribution >= 0.6 is 0 Å². The number of methoxy groups -OCH3 is 1. The van der Waals surface area contributed by atoms with Gasteiger partial charge in [-0.1, -0.05) is 30.3 Å². The Bertz CT molecular complexity index is 666. The van der Waals surface area contributed by atoms with Crippen LogP contribution in [0.2, 0.25) is 0 Å². The average molecular weight is 280 g/mol. The second-order valence-corrected chi connectivity index (χ2v) is 5.01. The molecule has 2 heterocycles. The molecule has 0 radical (unpaired) electrons. The zero-order valence-corrected chi connectivity index (χ0v) is 11.9. The first-order valence-corrected chi connectivity index (χ1v) is 6.92. The van der Waals surface area contributed by atoms with Crippen molar-refractivity contribution in [3.05, 3.63) is 42.1 Å². The Kier molecular flexibility index (Phi) is 3.80. The monoisotopic (exact) mass is 280 g/mol. The van der Waals surface area contributed by atoms with Gasteiger partial charge in [-0.3, -0.25) is 0 Å². The fourth-order valence-corrected chi connectivity index (χ4v) is 2.50. The number of nitriles is 1. The third-order valence-electron chi connectivity index (χ3n) is 3.66. The van der Waals surface area contributed by atoms with E-state index >= 15 is 0 Å².